The predicted octanol–water partition coefficient (Wildman–Crippen LogP) is 4.31. The second-order valence-corrected chi connectivity index (χ2v) is 7.89. The van der Waals surface area contributed by atoms with Crippen molar-refractivity contribution in [2.75, 3.05) is 39.2 Å². The summed E-state index contributed by atoms with van der Waals surface area (Å²) in [5, 5.41) is 0.650. The van der Waals surface area contributed by atoms with Crippen LogP contribution in [0.1, 0.15) is 11.1 Å². The molecule has 1 heterocycles. The summed E-state index contributed by atoms with van der Waals surface area (Å²) in [7, 11) is 5.55. The summed E-state index contributed by atoms with van der Waals surface area (Å²) in [6, 6.07) is 9.92. The number of rotatable bonds is 7. The molecule has 0 N–H and O–H groups in total. The summed E-state index contributed by atoms with van der Waals surface area (Å²) in [5.41, 5.74) is 2.64. The lowest BCUT2D eigenvalue weighted by Gasteiger charge is -2.22. The topological polar surface area (TPSA) is 45.7 Å². The van der Waals surface area contributed by atoms with Crippen molar-refractivity contribution in [3.05, 3.63) is 53.3 Å². The number of fused-ring (bicyclic) bond motifs is 1. The van der Waals surface area contributed by atoms with Crippen LogP contribution in [0.2, 0.25) is 0 Å². The summed E-state index contributed by atoms with van der Waals surface area (Å²) in [5.74, 6) is 0.320. The van der Waals surface area contributed by atoms with Crippen LogP contribution in [0, 0.1) is 12.7 Å². The number of halogens is 2. The van der Waals surface area contributed by atoms with Crippen LogP contribution in [-0.4, -0.2) is 50.1 Å². The molecule has 0 aliphatic rings. The van der Waals surface area contributed by atoms with Crippen molar-refractivity contribution in [1.82, 2.24) is 9.88 Å². The van der Waals surface area contributed by atoms with Crippen LogP contribution in [-0.2, 0) is 11.2 Å². The van der Waals surface area contributed by atoms with E-state index in [9.17, 15) is 9.18 Å². The van der Waals surface area contributed by atoms with Crippen LogP contribution in [0.15, 0.2) is 36.4 Å². The van der Waals surface area contributed by atoms with Crippen molar-refractivity contribution in [1.29, 1.82) is 0 Å². The first kappa shape index (κ1) is 23.1. The Bertz CT molecular complexity index is 976. The van der Waals surface area contributed by atoms with Gasteiger partial charge in [-0.05, 0) is 50.3 Å². The smallest absolute Gasteiger partial charge is 0.233 e. The molecular weight excluding hydrogens is 413 g/mol. The maximum absolute atomic E-state index is 13.2. The van der Waals surface area contributed by atoms with Gasteiger partial charge >= 0.3 is 0 Å². The number of amides is 1. The van der Waals surface area contributed by atoms with Crippen LogP contribution in [0.5, 0.6) is 5.75 Å². The molecule has 3 aromatic rings. The fourth-order valence-electron chi connectivity index (χ4n) is 2.88. The molecule has 0 saturated heterocycles. The summed E-state index contributed by atoms with van der Waals surface area (Å²) in [4.78, 5) is 21.5. The van der Waals surface area contributed by atoms with Crippen LogP contribution < -0.4 is 9.64 Å². The molecule has 29 heavy (non-hydrogen) atoms. The average molecular weight is 438 g/mol. The van der Waals surface area contributed by atoms with E-state index in [1.165, 1.54) is 23.5 Å². The number of anilines is 1. The number of thiazole rings is 1. The molecule has 0 bridgehead atoms. The van der Waals surface area contributed by atoms with Crippen molar-refractivity contribution in [2.45, 2.75) is 13.3 Å². The van der Waals surface area contributed by atoms with Crippen LogP contribution in [0.3, 0.4) is 0 Å². The minimum Gasteiger partial charge on any atom is -0.494 e. The number of hydrogen-bond acceptors (Lipinski definition) is 5. The predicted molar refractivity (Wildman–Crippen MR) is 119 cm³/mol. The van der Waals surface area contributed by atoms with Crippen LogP contribution >= 0.6 is 23.7 Å². The van der Waals surface area contributed by atoms with Gasteiger partial charge in [0, 0.05) is 13.1 Å². The van der Waals surface area contributed by atoms with E-state index in [-0.39, 0.29) is 30.6 Å². The molecule has 156 valence electrons. The van der Waals surface area contributed by atoms with Gasteiger partial charge in [0.2, 0.25) is 5.91 Å². The van der Waals surface area contributed by atoms with E-state index in [1.54, 1.807) is 24.1 Å². The third-order valence-electron chi connectivity index (χ3n) is 4.48. The molecule has 3 rings (SSSR count). The number of hydrogen-bond donors (Lipinski definition) is 0. The molecule has 0 radical (unpaired) electrons. The van der Waals surface area contributed by atoms with E-state index in [4.69, 9.17) is 9.72 Å². The van der Waals surface area contributed by atoms with Crippen molar-refractivity contribution in [3.63, 3.8) is 0 Å². The fourth-order valence-corrected chi connectivity index (χ4v) is 3.97. The van der Waals surface area contributed by atoms with E-state index in [0.717, 1.165) is 21.3 Å². The Morgan fingerprint density at radius 2 is 1.83 bits per heavy atom. The van der Waals surface area contributed by atoms with E-state index in [0.29, 0.717) is 24.0 Å². The Morgan fingerprint density at radius 1 is 1.14 bits per heavy atom. The highest BCUT2D eigenvalue weighted by molar-refractivity contribution is 7.22. The lowest BCUT2D eigenvalue weighted by atomic mass is 10.1. The Labute approximate surface area is 180 Å². The Hall–Kier alpha value is -2.22. The third kappa shape index (κ3) is 5.44. The van der Waals surface area contributed by atoms with E-state index < -0.39 is 0 Å². The van der Waals surface area contributed by atoms with Crippen LogP contribution in [0.25, 0.3) is 10.2 Å². The van der Waals surface area contributed by atoms with E-state index >= 15 is 0 Å². The van der Waals surface area contributed by atoms with E-state index in [1.807, 2.05) is 38.1 Å². The van der Waals surface area contributed by atoms with Gasteiger partial charge in [-0.3, -0.25) is 9.69 Å². The largest absolute Gasteiger partial charge is 0.494 e. The zero-order chi connectivity index (χ0) is 20.3. The number of aromatic nitrogens is 1. The first-order valence-electron chi connectivity index (χ1n) is 9.02. The molecule has 0 aliphatic carbocycles. The molecule has 1 amide bonds. The van der Waals surface area contributed by atoms with Gasteiger partial charge in [0.15, 0.2) is 5.13 Å². The highest BCUT2D eigenvalue weighted by Crippen LogP contribution is 2.36. The molecule has 0 unspecified atom stereocenters. The summed E-state index contributed by atoms with van der Waals surface area (Å²) in [6.07, 6.45) is 0.194. The van der Waals surface area contributed by atoms with Crippen molar-refractivity contribution >= 4 is 45.0 Å². The molecule has 1 aromatic heterocycles. The normalized spacial score (nSPS) is 10.8. The summed E-state index contributed by atoms with van der Waals surface area (Å²) < 4.78 is 19.6. The van der Waals surface area contributed by atoms with Gasteiger partial charge < -0.3 is 9.64 Å². The maximum atomic E-state index is 13.2. The number of nitrogens with zero attached hydrogens (tertiary/aromatic N) is 3. The van der Waals surface area contributed by atoms with Crippen molar-refractivity contribution < 1.29 is 13.9 Å². The molecule has 2 aromatic carbocycles. The molecule has 8 heteroatoms. The molecule has 5 nitrogen and oxygen atoms in total. The second-order valence-electron chi connectivity index (χ2n) is 6.91. The fraction of sp³-hybridized carbons (Fsp3) is 0.333. The molecule has 0 aliphatic heterocycles. The average Bonchev–Trinajstić information content (AvgIpc) is 3.10. The van der Waals surface area contributed by atoms with Crippen molar-refractivity contribution in [2.24, 2.45) is 0 Å². The first-order chi connectivity index (χ1) is 13.4. The quantitative estimate of drug-likeness (QED) is 0.552. The SMILES string of the molecule is COc1ccc(C)c2sc(N(CCN(C)C)C(=O)Cc3ccc(F)cc3)nc12.Cl. The molecule has 0 spiro atoms. The van der Waals surface area contributed by atoms with Gasteiger partial charge in [-0.25, -0.2) is 9.37 Å². The van der Waals surface area contributed by atoms with Crippen molar-refractivity contribution in [3.8, 4) is 5.75 Å². The van der Waals surface area contributed by atoms with Gasteiger partial charge in [-0.2, -0.15) is 0 Å². The van der Waals surface area contributed by atoms with Gasteiger partial charge in [-0.15, -0.1) is 12.4 Å². The number of ether oxygens (including phenoxy) is 1. The molecule has 0 saturated carbocycles. The zero-order valence-electron chi connectivity index (χ0n) is 16.9. The Balaban J connectivity index is 0.00000300. The molecule has 0 fully saturated rings. The van der Waals surface area contributed by atoms with Gasteiger partial charge in [0.25, 0.3) is 0 Å². The standard InChI is InChI=1S/C21H24FN3O2S.ClH/c1-14-5-10-17(27-4)19-20(14)28-21(23-19)25(12-11-24(2)3)18(26)13-15-6-8-16(22)9-7-15;/h5-10H,11-13H2,1-4H3;1H. The second kappa shape index (κ2) is 10.0. The number of methoxy groups -OCH3 is 1. The summed E-state index contributed by atoms with van der Waals surface area (Å²) >= 11 is 1.49. The highest BCUT2D eigenvalue weighted by atomic mass is 35.5. The Kier molecular flexibility index (Phi) is 7.96. The number of carbonyl (C=O) groups excluding carboxylic acids is 1. The number of likely N-dealkylation sites (N-methyl/N-ethyl adjacent to an activating group) is 1. The van der Waals surface area contributed by atoms with Gasteiger partial charge in [-0.1, -0.05) is 29.5 Å². The lowest BCUT2D eigenvalue weighted by Crippen LogP contribution is -2.37. The number of carbonyl (C=O) groups is 1. The van der Waals surface area contributed by atoms with Gasteiger partial charge in [0.1, 0.15) is 17.1 Å². The minimum atomic E-state index is -0.311. The monoisotopic (exact) mass is 437 g/mol. The zero-order valence-corrected chi connectivity index (χ0v) is 18.6. The third-order valence-corrected chi connectivity index (χ3v) is 5.70. The molecular formula is C21H25ClFN3O2S. The van der Waals surface area contributed by atoms with Crippen LogP contribution in [0.4, 0.5) is 9.52 Å². The minimum absolute atomic E-state index is 0. The first-order valence-corrected chi connectivity index (χ1v) is 9.84. The lowest BCUT2D eigenvalue weighted by molar-refractivity contribution is -0.118. The summed E-state index contributed by atoms with van der Waals surface area (Å²) in [6.45, 7) is 3.25. The van der Waals surface area contributed by atoms with Gasteiger partial charge in [0.05, 0.1) is 18.2 Å². The Morgan fingerprint density at radius 3 is 2.45 bits per heavy atom. The highest BCUT2D eigenvalue weighted by Gasteiger charge is 2.22. The number of aryl methyl sites for hydroxylation is 1. The maximum Gasteiger partial charge on any atom is 0.233 e. The van der Waals surface area contributed by atoms with E-state index in [2.05, 4.69) is 0 Å². The number of benzene rings is 2. The molecule has 0 atom stereocenters.